The number of rotatable bonds is 8. The van der Waals surface area contributed by atoms with Crippen molar-refractivity contribution >= 4 is 23.3 Å². The predicted molar refractivity (Wildman–Crippen MR) is 90.6 cm³/mol. The second-order valence-corrected chi connectivity index (χ2v) is 5.61. The van der Waals surface area contributed by atoms with E-state index in [0.717, 1.165) is 6.42 Å². The second kappa shape index (κ2) is 9.11. The molecular weight excluding hydrogens is 330 g/mol. The van der Waals surface area contributed by atoms with E-state index in [1.807, 2.05) is 0 Å². The van der Waals surface area contributed by atoms with Gasteiger partial charge in [-0.1, -0.05) is 0 Å². The smallest absolute Gasteiger partial charge is 0.353 e. The third-order valence-corrected chi connectivity index (χ3v) is 3.93. The largest absolute Gasteiger partial charge is 0.466 e. The van der Waals surface area contributed by atoms with E-state index in [2.05, 4.69) is 15.3 Å². The minimum absolute atomic E-state index is 0.144. The average Bonchev–Trinajstić information content (AvgIpc) is 2.62. The van der Waals surface area contributed by atoms with Crippen molar-refractivity contribution in [3.8, 4) is 0 Å². The molecule has 0 spiro atoms. The van der Waals surface area contributed by atoms with E-state index < -0.39 is 4.92 Å². The normalized spacial score (nSPS) is 17.2. The van der Waals surface area contributed by atoms with Crippen LogP contribution in [0.2, 0.25) is 0 Å². The number of nitrogens with zero attached hydrogens (tertiary/aromatic N) is 4. The van der Waals surface area contributed by atoms with Gasteiger partial charge in [-0.05, 0) is 19.8 Å². The Morgan fingerprint density at radius 1 is 1.52 bits per heavy atom. The number of piperidine rings is 1. The highest BCUT2D eigenvalue weighted by molar-refractivity contribution is 5.75. The molecule has 0 saturated carbocycles. The molecule has 1 unspecified atom stereocenters. The molecular formula is C15H23N5O5. The first-order chi connectivity index (χ1) is 12.1. The number of methoxy groups -OCH3 is 1. The maximum atomic E-state index is 12.0. The lowest BCUT2D eigenvalue weighted by Crippen LogP contribution is -2.40. The van der Waals surface area contributed by atoms with Crippen molar-refractivity contribution in [3.05, 3.63) is 16.4 Å². The number of ether oxygens (including phenoxy) is 2. The summed E-state index contributed by atoms with van der Waals surface area (Å²) in [5.74, 6) is -0.227. The Kier molecular flexibility index (Phi) is 6.87. The highest BCUT2D eigenvalue weighted by Gasteiger charge is 2.33. The lowest BCUT2D eigenvalue weighted by Gasteiger charge is -2.32. The highest BCUT2D eigenvalue weighted by atomic mass is 16.6. The van der Waals surface area contributed by atoms with E-state index >= 15 is 0 Å². The van der Waals surface area contributed by atoms with Crippen molar-refractivity contribution in [2.75, 3.05) is 50.2 Å². The van der Waals surface area contributed by atoms with E-state index in [0.29, 0.717) is 39.3 Å². The van der Waals surface area contributed by atoms with Gasteiger partial charge in [-0.15, -0.1) is 0 Å². The molecule has 1 N–H and O–H groups in total. The summed E-state index contributed by atoms with van der Waals surface area (Å²) in [4.78, 5) is 32.9. The lowest BCUT2D eigenvalue weighted by molar-refractivity contribution is -0.383. The average molecular weight is 353 g/mol. The van der Waals surface area contributed by atoms with Crippen LogP contribution in [-0.2, 0) is 14.3 Å². The van der Waals surface area contributed by atoms with Crippen LogP contribution >= 0.6 is 0 Å². The zero-order valence-corrected chi connectivity index (χ0v) is 14.4. The number of anilines is 2. The molecule has 1 aromatic heterocycles. The van der Waals surface area contributed by atoms with Crippen LogP contribution in [0.15, 0.2) is 6.33 Å². The lowest BCUT2D eigenvalue weighted by atomic mass is 9.98. The molecule has 1 fully saturated rings. The Balaban J connectivity index is 2.23. The molecule has 0 aliphatic carbocycles. The van der Waals surface area contributed by atoms with Gasteiger partial charge < -0.3 is 19.7 Å². The Morgan fingerprint density at radius 3 is 3.00 bits per heavy atom. The quantitative estimate of drug-likeness (QED) is 0.318. The number of nitro groups is 1. The Labute approximate surface area is 145 Å². The number of nitrogens with one attached hydrogen (secondary N) is 1. The van der Waals surface area contributed by atoms with E-state index in [1.165, 1.54) is 6.33 Å². The second-order valence-electron chi connectivity index (χ2n) is 5.61. The summed E-state index contributed by atoms with van der Waals surface area (Å²) in [7, 11) is 1.55. The van der Waals surface area contributed by atoms with Gasteiger partial charge in [-0.25, -0.2) is 9.97 Å². The van der Waals surface area contributed by atoms with Crippen LogP contribution in [0.1, 0.15) is 19.8 Å². The van der Waals surface area contributed by atoms with Crippen LogP contribution in [0.5, 0.6) is 0 Å². The molecule has 0 radical (unpaired) electrons. The summed E-state index contributed by atoms with van der Waals surface area (Å²) in [6.45, 7) is 3.78. The first-order valence-electron chi connectivity index (χ1n) is 8.22. The van der Waals surface area contributed by atoms with Gasteiger partial charge in [0.1, 0.15) is 6.33 Å². The van der Waals surface area contributed by atoms with E-state index in [4.69, 9.17) is 9.47 Å². The number of aromatic nitrogens is 2. The van der Waals surface area contributed by atoms with Gasteiger partial charge in [-0.3, -0.25) is 14.9 Å². The molecule has 10 heteroatoms. The van der Waals surface area contributed by atoms with Gasteiger partial charge in [0.05, 0.1) is 24.1 Å². The topological polar surface area (TPSA) is 120 Å². The molecule has 1 aliphatic heterocycles. The summed E-state index contributed by atoms with van der Waals surface area (Å²) in [6.07, 6.45) is 2.72. The fraction of sp³-hybridized carbons (Fsp3) is 0.667. The van der Waals surface area contributed by atoms with Gasteiger partial charge >= 0.3 is 11.7 Å². The summed E-state index contributed by atoms with van der Waals surface area (Å²) in [5.41, 5.74) is -0.192. The minimum Gasteiger partial charge on any atom is -0.466 e. The van der Waals surface area contributed by atoms with E-state index in [-0.39, 0.29) is 29.2 Å². The third kappa shape index (κ3) is 4.75. The van der Waals surface area contributed by atoms with Crippen LogP contribution in [0.3, 0.4) is 0 Å². The molecule has 2 heterocycles. The van der Waals surface area contributed by atoms with E-state index in [9.17, 15) is 14.9 Å². The van der Waals surface area contributed by atoms with Gasteiger partial charge in [0.15, 0.2) is 0 Å². The van der Waals surface area contributed by atoms with Gasteiger partial charge in [0.25, 0.3) is 0 Å². The molecule has 10 nitrogen and oxygen atoms in total. The number of carbonyl (C=O) groups is 1. The maximum absolute atomic E-state index is 12.0. The predicted octanol–water partition coefficient (Wildman–Crippen LogP) is 1.22. The molecule has 0 bridgehead atoms. The molecule has 1 atom stereocenters. The summed E-state index contributed by atoms with van der Waals surface area (Å²) < 4.78 is 10.0. The standard InChI is InChI=1S/C15H23N5O5/c1-3-25-15(21)11-5-4-7-19(9-11)14-12(20(22)23)13(17-10-18-14)16-6-8-24-2/h10-11H,3-9H2,1-2H3,(H,16,17,18). The van der Waals surface area contributed by atoms with Gasteiger partial charge in [-0.2, -0.15) is 0 Å². The molecule has 1 saturated heterocycles. The fourth-order valence-electron chi connectivity index (χ4n) is 2.79. The monoisotopic (exact) mass is 353 g/mol. The van der Waals surface area contributed by atoms with Crippen molar-refractivity contribution in [2.24, 2.45) is 5.92 Å². The van der Waals surface area contributed by atoms with Crippen LogP contribution in [0.4, 0.5) is 17.3 Å². The summed E-state index contributed by atoms with van der Waals surface area (Å²) in [5, 5.41) is 14.5. The maximum Gasteiger partial charge on any atom is 0.353 e. The van der Waals surface area contributed by atoms with Crippen LogP contribution < -0.4 is 10.2 Å². The highest BCUT2D eigenvalue weighted by Crippen LogP contribution is 2.34. The van der Waals surface area contributed by atoms with Crippen molar-refractivity contribution in [2.45, 2.75) is 19.8 Å². The van der Waals surface area contributed by atoms with Crippen LogP contribution in [-0.4, -0.2) is 60.8 Å². The van der Waals surface area contributed by atoms with Crippen molar-refractivity contribution in [1.29, 1.82) is 0 Å². The third-order valence-electron chi connectivity index (χ3n) is 3.93. The number of esters is 1. The van der Waals surface area contributed by atoms with E-state index in [1.54, 1.807) is 18.9 Å². The first kappa shape index (κ1) is 18.8. The molecule has 138 valence electrons. The zero-order chi connectivity index (χ0) is 18.2. The molecule has 0 aromatic carbocycles. The number of hydrogen-bond acceptors (Lipinski definition) is 9. The Morgan fingerprint density at radius 2 is 2.32 bits per heavy atom. The molecule has 0 amide bonds. The van der Waals surface area contributed by atoms with Gasteiger partial charge in [0, 0.05) is 26.7 Å². The summed E-state index contributed by atoms with van der Waals surface area (Å²) in [6, 6.07) is 0. The first-order valence-corrected chi connectivity index (χ1v) is 8.22. The van der Waals surface area contributed by atoms with Crippen molar-refractivity contribution < 1.29 is 19.2 Å². The SMILES string of the molecule is CCOC(=O)C1CCCN(c2ncnc(NCCOC)c2[N+](=O)[O-])C1. The van der Waals surface area contributed by atoms with Crippen LogP contribution in [0, 0.1) is 16.0 Å². The fourth-order valence-corrected chi connectivity index (χ4v) is 2.79. The van der Waals surface area contributed by atoms with Crippen molar-refractivity contribution in [3.63, 3.8) is 0 Å². The molecule has 1 aromatic rings. The minimum atomic E-state index is -0.502. The molecule has 25 heavy (non-hydrogen) atoms. The number of hydrogen-bond donors (Lipinski definition) is 1. The van der Waals surface area contributed by atoms with Crippen LogP contribution in [0.25, 0.3) is 0 Å². The molecule has 1 aliphatic rings. The zero-order valence-electron chi connectivity index (χ0n) is 14.4. The number of carbonyl (C=O) groups excluding carboxylic acids is 1. The Hall–Kier alpha value is -2.49. The summed E-state index contributed by atoms with van der Waals surface area (Å²) >= 11 is 0. The Bertz CT molecular complexity index is 612. The van der Waals surface area contributed by atoms with Crippen molar-refractivity contribution in [1.82, 2.24) is 9.97 Å². The van der Waals surface area contributed by atoms with Gasteiger partial charge in [0.2, 0.25) is 11.6 Å². The molecule has 2 rings (SSSR count).